The maximum absolute atomic E-state index is 11.9. The van der Waals surface area contributed by atoms with Crippen LogP contribution in [0, 0.1) is 13.8 Å². The molecule has 0 aliphatic carbocycles. The molecule has 0 atom stereocenters. The summed E-state index contributed by atoms with van der Waals surface area (Å²) in [7, 11) is 1.77. The number of carbonyl (C=O) groups is 1. The zero-order chi connectivity index (χ0) is 11.7. The highest BCUT2D eigenvalue weighted by Gasteiger charge is 2.14. The van der Waals surface area contributed by atoms with E-state index >= 15 is 0 Å². The van der Waals surface area contributed by atoms with Crippen molar-refractivity contribution in [3.8, 4) is 0 Å². The van der Waals surface area contributed by atoms with Gasteiger partial charge in [-0.3, -0.25) is 9.89 Å². The van der Waals surface area contributed by atoms with Gasteiger partial charge in [-0.15, -0.1) is 0 Å². The molecule has 0 saturated carbocycles. The lowest BCUT2D eigenvalue weighted by Crippen LogP contribution is -2.16. The average Bonchev–Trinajstić information content (AvgIpc) is 2.79. The maximum Gasteiger partial charge on any atom is 0.274 e. The number of aromatic amines is 1. The Bertz CT molecular complexity index is 506. The first kappa shape index (κ1) is 10.4. The molecule has 16 heavy (non-hydrogen) atoms. The zero-order valence-corrected chi connectivity index (χ0v) is 9.40. The van der Waals surface area contributed by atoms with Crippen molar-refractivity contribution in [1.82, 2.24) is 19.7 Å². The molecule has 0 aliphatic rings. The van der Waals surface area contributed by atoms with E-state index in [1.165, 1.54) is 6.20 Å². The van der Waals surface area contributed by atoms with Gasteiger partial charge >= 0.3 is 0 Å². The van der Waals surface area contributed by atoms with Gasteiger partial charge in [0.2, 0.25) is 0 Å². The van der Waals surface area contributed by atoms with E-state index in [1.54, 1.807) is 17.9 Å². The second-order valence-corrected chi connectivity index (χ2v) is 3.65. The van der Waals surface area contributed by atoms with Crippen molar-refractivity contribution in [2.45, 2.75) is 13.8 Å². The molecule has 2 aromatic rings. The molecule has 6 nitrogen and oxygen atoms in total. The maximum atomic E-state index is 11.9. The number of imidazole rings is 1. The van der Waals surface area contributed by atoms with Gasteiger partial charge in [0.15, 0.2) is 0 Å². The predicted octanol–water partition coefficient (Wildman–Crippen LogP) is 1.01. The van der Waals surface area contributed by atoms with Gasteiger partial charge in [0.1, 0.15) is 5.69 Å². The molecule has 0 saturated heterocycles. The second-order valence-electron chi connectivity index (χ2n) is 3.65. The standard InChI is InChI=1S/C10H13N5O/c1-6-9(7(2)14-13-6)12-10(16)8-4-11-5-15(8)3/h4-5H,1-3H3,(H,12,16)(H,13,14). The number of hydrogen-bond acceptors (Lipinski definition) is 3. The Hall–Kier alpha value is -2.11. The fourth-order valence-electron chi connectivity index (χ4n) is 1.49. The van der Waals surface area contributed by atoms with Crippen molar-refractivity contribution in [2.75, 3.05) is 5.32 Å². The molecule has 0 unspecified atom stereocenters. The average molecular weight is 219 g/mol. The van der Waals surface area contributed by atoms with Crippen molar-refractivity contribution in [3.63, 3.8) is 0 Å². The minimum Gasteiger partial charge on any atom is -0.330 e. The third kappa shape index (κ3) is 1.69. The van der Waals surface area contributed by atoms with Crippen LogP contribution in [-0.2, 0) is 7.05 Å². The van der Waals surface area contributed by atoms with Gasteiger partial charge in [0.25, 0.3) is 5.91 Å². The molecule has 2 N–H and O–H groups in total. The van der Waals surface area contributed by atoms with Crippen molar-refractivity contribution in [2.24, 2.45) is 7.05 Å². The molecule has 0 radical (unpaired) electrons. The highest BCUT2D eigenvalue weighted by atomic mass is 16.2. The Morgan fingerprint density at radius 2 is 2.25 bits per heavy atom. The monoisotopic (exact) mass is 219 g/mol. The minimum absolute atomic E-state index is 0.187. The largest absolute Gasteiger partial charge is 0.330 e. The number of hydrogen-bond donors (Lipinski definition) is 2. The topological polar surface area (TPSA) is 75.6 Å². The number of rotatable bonds is 2. The molecule has 0 aliphatic heterocycles. The third-order valence-electron chi connectivity index (χ3n) is 2.42. The molecule has 2 aromatic heterocycles. The summed E-state index contributed by atoms with van der Waals surface area (Å²) in [5.41, 5.74) is 2.85. The summed E-state index contributed by atoms with van der Waals surface area (Å²) in [4.78, 5) is 15.8. The smallest absolute Gasteiger partial charge is 0.274 e. The van der Waals surface area contributed by atoms with Crippen molar-refractivity contribution in [1.29, 1.82) is 0 Å². The van der Waals surface area contributed by atoms with Crippen LogP contribution in [0.15, 0.2) is 12.5 Å². The normalized spacial score (nSPS) is 10.4. The molecule has 84 valence electrons. The molecule has 0 bridgehead atoms. The van der Waals surface area contributed by atoms with E-state index in [0.29, 0.717) is 5.69 Å². The number of aromatic nitrogens is 4. The molecular weight excluding hydrogens is 206 g/mol. The highest BCUT2D eigenvalue weighted by molar-refractivity contribution is 6.03. The minimum atomic E-state index is -0.187. The van der Waals surface area contributed by atoms with E-state index in [2.05, 4.69) is 20.5 Å². The highest BCUT2D eigenvalue weighted by Crippen LogP contribution is 2.16. The van der Waals surface area contributed by atoms with Gasteiger partial charge in [0, 0.05) is 7.05 Å². The fourth-order valence-corrected chi connectivity index (χ4v) is 1.49. The number of carbonyl (C=O) groups excluding carboxylic acids is 1. The zero-order valence-electron chi connectivity index (χ0n) is 9.40. The lowest BCUT2D eigenvalue weighted by atomic mass is 10.3. The van der Waals surface area contributed by atoms with Crippen LogP contribution in [0.5, 0.6) is 0 Å². The summed E-state index contributed by atoms with van der Waals surface area (Å²) in [6.07, 6.45) is 3.12. The first-order chi connectivity index (χ1) is 7.59. The van der Waals surface area contributed by atoms with Crippen LogP contribution in [0.2, 0.25) is 0 Å². The van der Waals surface area contributed by atoms with Gasteiger partial charge in [-0.25, -0.2) is 4.98 Å². The molecule has 0 fully saturated rings. The third-order valence-corrected chi connectivity index (χ3v) is 2.42. The summed E-state index contributed by atoms with van der Waals surface area (Å²) in [6, 6.07) is 0. The van der Waals surface area contributed by atoms with Gasteiger partial charge in [-0.05, 0) is 13.8 Å². The SMILES string of the molecule is Cc1n[nH]c(C)c1NC(=O)c1cncn1C. The van der Waals surface area contributed by atoms with E-state index < -0.39 is 0 Å². The van der Waals surface area contributed by atoms with E-state index in [0.717, 1.165) is 17.1 Å². The Morgan fingerprint density at radius 3 is 2.75 bits per heavy atom. The summed E-state index contributed by atoms with van der Waals surface area (Å²) < 4.78 is 1.67. The predicted molar refractivity (Wildman–Crippen MR) is 59.2 cm³/mol. The Morgan fingerprint density at radius 1 is 1.50 bits per heavy atom. The van der Waals surface area contributed by atoms with E-state index in [1.807, 2.05) is 13.8 Å². The van der Waals surface area contributed by atoms with Crippen molar-refractivity contribution >= 4 is 11.6 Å². The van der Waals surface area contributed by atoms with Crippen LogP contribution >= 0.6 is 0 Å². The summed E-state index contributed by atoms with van der Waals surface area (Å²) in [5, 5.41) is 9.63. The number of H-pyrrole nitrogens is 1. The first-order valence-electron chi connectivity index (χ1n) is 4.89. The van der Waals surface area contributed by atoms with Crippen LogP contribution in [-0.4, -0.2) is 25.7 Å². The second kappa shape index (κ2) is 3.80. The summed E-state index contributed by atoms with van der Waals surface area (Å²) in [6.45, 7) is 3.70. The fraction of sp³-hybridized carbons (Fsp3) is 0.300. The first-order valence-corrected chi connectivity index (χ1v) is 4.89. The Kier molecular flexibility index (Phi) is 2.47. The molecule has 6 heteroatoms. The summed E-state index contributed by atoms with van der Waals surface area (Å²) >= 11 is 0. The number of anilines is 1. The molecule has 0 aromatic carbocycles. The number of amides is 1. The van der Waals surface area contributed by atoms with Gasteiger partial charge < -0.3 is 9.88 Å². The van der Waals surface area contributed by atoms with Crippen molar-refractivity contribution in [3.05, 3.63) is 29.6 Å². The van der Waals surface area contributed by atoms with Gasteiger partial charge in [0.05, 0.1) is 29.6 Å². The molecule has 2 heterocycles. The lowest BCUT2D eigenvalue weighted by Gasteiger charge is -2.05. The van der Waals surface area contributed by atoms with E-state index in [9.17, 15) is 4.79 Å². The lowest BCUT2D eigenvalue weighted by molar-refractivity contribution is 0.101. The van der Waals surface area contributed by atoms with Gasteiger partial charge in [-0.2, -0.15) is 5.10 Å². The summed E-state index contributed by atoms with van der Waals surface area (Å²) in [5.74, 6) is -0.187. The molecular formula is C10H13N5O. The van der Waals surface area contributed by atoms with Gasteiger partial charge in [-0.1, -0.05) is 0 Å². The van der Waals surface area contributed by atoms with Crippen molar-refractivity contribution < 1.29 is 4.79 Å². The van der Waals surface area contributed by atoms with Crippen LogP contribution < -0.4 is 5.32 Å². The van der Waals surface area contributed by atoms with Crippen LogP contribution in [0.4, 0.5) is 5.69 Å². The van der Waals surface area contributed by atoms with E-state index in [-0.39, 0.29) is 5.91 Å². The Labute approximate surface area is 92.7 Å². The van der Waals surface area contributed by atoms with E-state index in [4.69, 9.17) is 0 Å². The molecule has 1 amide bonds. The number of aryl methyl sites for hydroxylation is 3. The van der Waals surface area contributed by atoms with Crippen LogP contribution in [0.3, 0.4) is 0 Å². The number of nitrogens with zero attached hydrogens (tertiary/aromatic N) is 3. The molecule has 2 rings (SSSR count). The number of nitrogens with one attached hydrogen (secondary N) is 2. The quantitative estimate of drug-likeness (QED) is 0.791. The van der Waals surface area contributed by atoms with Crippen LogP contribution in [0.25, 0.3) is 0 Å². The Balaban J connectivity index is 2.24. The molecule has 0 spiro atoms. The van der Waals surface area contributed by atoms with Crippen LogP contribution in [0.1, 0.15) is 21.9 Å².